The minimum Gasteiger partial charge on any atom is -0.238 e. The zero-order valence-corrected chi connectivity index (χ0v) is 11.2. The van der Waals surface area contributed by atoms with E-state index in [1.165, 1.54) is 16.5 Å². The van der Waals surface area contributed by atoms with Crippen LogP contribution in [0.2, 0.25) is 0 Å². The second-order valence-electron chi connectivity index (χ2n) is 4.84. The second-order valence-corrected chi connectivity index (χ2v) is 4.84. The van der Waals surface area contributed by atoms with Gasteiger partial charge in [0.2, 0.25) is 0 Å². The molecule has 4 rings (SSSR count). The predicted octanol–water partition coefficient (Wildman–Crippen LogP) is 3.26. The molecule has 2 aromatic heterocycles. The fourth-order valence-corrected chi connectivity index (χ4v) is 2.71. The third-order valence-corrected chi connectivity index (χ3v) is 3.69. The largest absolute Gasteiger partial charge is 0.238 e. The number of rotatable bonds is 2. The molecule has 0 aliphatic rings. The van der Waals surface area contributed by atoms with Gasteiger partial charge in [0.05, 0.1) is 5.52 Å². The zero-order chi connectivity index (χ0) is 13.5. The molecule has 98 valence electrons. The summed E-state index contributed by atoms with van der Waals surface area (Å²) < 4.78 is 2.07. The van der Waals surface area contributed by atoms with Crippen LogP contribution in [0.25, 0.3) is 21.9 Å². The SMILES string of the molecule is CCc1cccc2ccn(-n3nnc4ccccc43)c12. The Bertz CT molecular complexity index is 901. The summed E-state index contributed by atoms with van der Waals surface area (Å²) in [7, 11) is 0. The fraction of sp³-hybridized carbons (Fsp3) is 0.125. The van der Waals surface area contributed by atoms with Crippen molar-refractivity contribution in [2.45, 2.75) is 13.3 Å². The lowest BCUT2D eigenvalue weighted by atomic mass is 10.1. The van der Waals surface area contributed by atoms with Crippen molar-refractivity contribution in [3.8, 4) is 0 Å². The number of hydrogen-bond acceptors (Lipinski definition) is 2. The van der Waals surface area contributed by atoms with Gasteiger partial charge in [-0.2, -0.15) is 0 Å². The van der Waals surface area contributed by atoms with E-state index < -0.39 is 0 Å². The van der Waals surface area contributed by atoms with Crippen LogP contribution in [0.4, 0.5) is 0 Å². The molecule has 0 amide bonds. The standard InChI is InChI=1S/C16H14N4/c1-2-12-6-5-7-13-10-11-19(16(12)13)20-15-9-4-3-8-14(15)17-18-20/h3-11H,2H2,1H3. The number of nitrogens with zero attached hydrogens (tertiary/aromatic N) is 4. The van der Waals surface area contributed by atoms with E-state index in [0.717, 1.165) is 17.5 Å². The molecule has 0 fully saturated rings. The fourth-order valence-electron chi connectivity index (χ4n) is 2.71. The molecule has 0 saturated heterocycles. The first-order chi connectivity index (χ1) is 9.88. The van der Waals surface area contributed by atoms with Crippen molar-refractivity contribution in [3.05, 3.63) is 60.3 Å². The molecule has 0 N–H and O–H groups in total. The highest BCUT2D eigenvalue weighted by Gasteiger charge is 2.10. The summed E-state index contributed by atoms with van der Waals surface area (Å²) in [6.07, 6.45) is 3.04. The van der Waals surface area contributed by atoms with Gasteiger partial charge in [-0.3, -0.25) is 0 Å². The van der Waals surface area contributed by atoms with Crippen molar-refractivity contribution in [2.75, 3.05) is 0 Å². The highest BCUT2D eigenvalue weighted by atomic mass is 15.6. The molecule has 4 nitrogen and oxygen atoms in total. The lowest BCUT2D eigenvalue weighted by Gasteiger charge is -2.08. The predicted molar refractivity (Wildman–Crippen MR) is 79.6 cm³/mol. The molecular formula is C16H14N4. The van der Waals surface area contributed by atoms with Gasteiger partial charge in [0.15, 0.2) is 0 Å². The molecule has 4 aromatic rings. The molecule has 0 aliphatic carbocycles. The van der Waals surface area contributed by atoms with Gasteiger partial charge in [0, 0.05) is 11.6 Å². The van der Waals surface area contributed by atoms with Crippen LogP contribution in [0.3, 0.4) is 0 Å². The van der Waals surface area contributed by atoms with E-state index in [0.29, 0.717) is 0 Å². The summed E-state index contributed by atoms with van der Waals surface area (Å²) in [5.41, 5.74) is 4.43. The summed E-state index contributed by atoms with van der Waals surface area (Å²) in [5, 5.41) is 9.75. The van der Waals surface area contributed by atoms with E-state index in [1.807, 2.05) is 35.3 Å². The van der Waals surface area contributed by atoms with Crippen LogP contribution in [0.1, 0.15) is 12.5 Å². The van der Waals surface area contributed by atoms with E-state index in [4.69, 9.17) is 0 Å². The van der Waals surface area contributed by atoms with Crippen LogP contribution in [0, 0.1) is 0 Å². The van der Waals surface area contributed by atoms with Crippen LogP contribution >= 0.6 is 0 Å². The van der Waals surface area contributed by atoms with Gasteiger partial charge in [-0.25, -0.2) is 4.68 Å². The third kappa shape index (κ3) is 1.48. The molecule has 4 heteroatoms. The molecule has 0 spiro atoms. The van der Waals surface area contributed by atoms with E-state index in [1.54, 1.807) is 0 Å². The first-order valence-corrected chi connectivity index (χ1v) is 6.78. The van der Waals surface area contributed by atoms with Crippen LogP contribution in [0.15, 0.2) is 54.7 Å². The number of fused-ring (bicyclic) bond motifs is 2. The van der Waals surface area contributed by atoms with Crippen LogP contribution in [-0.2, 0) is 6.42 Å². The molecular weight excluding hydrogens is 248 g/mol. The minimum atomic E-state index is 0.906. The number of hydrogen-bond donors (Lipinski definition) is 0. The third-order valence-electron chi connectivity index (χ3n) is 3.69. The van der Waals surface area contributed by atoms with Crippen molar-refractivity contribution in [1.29, 1.82) is 0 Å². The Morgan fingerprint density at radius 2 is 1.90 bits per heavy atom. The maximum atomic E-state index is 4.29. The Hall–Kier alpha value is -2.62. The van der Waals surface area contributed by atoms with Gasteiger partial charge >= 0.3 is 0 Å². The Kier molecular flexibility index (Phi) is 2.36. The minimum absolute atomic E-state index is 0.906. The second kappa shape index (κ2) is 4.20. The molecule has 0 aliphatic heterocycles. The maximum Gasteiger partial charge on any atom is 0.115 e. The van der Waals surface area contributed by atoms with E-state index in [2.05, 4.69) is 46.2 Å². The number of benzene rings is 2. The Morgan fingerprint density at radius 1 is 1.00 bits per heavy atom. The van der Waals surface area contributed by atoms with E-state index >= 15 is 0 Å². The molecule has 0 unspecified atom stereocenters. The van der Waals surface area contributed by atoms with Crippen LogP contribution in [-0.4, -0.2) is 19.8 Å². The van der Waals surface area contributed by atoms with Crippen molar-refractivity contribution in [3.63, 3.8) is 0 Å². The quantitative estimate of drug-likeness (QED) is 0.556. The van der Waals surface area contributed by atoms with Crippen LogP contribution < -0.4 is 0 Å². The zero-order valence-electron chi connectivity index (χ0n) is 11.2. The smallest absolute Gasteiger partial charge is 0.115 e. The van der Waals surface area contributed by atoms with Crippen molar-refractivity contribution < 1.29 is 0 Å². The first-order valence-electron chi connectivity index (χ1n) is 6.78. The summed E-state index contributed by atoms with van der Waals surface area (Å²) in [5.74, 6) is 0. The van der Waals surface area contributed by atoms with Gasteiger partial charge in [-0.1, -0.05) is 37.3 Å². The highest BCUT2D eigenvalue weighted by Crippen LogP contribution is 2.22. The Labute approximate surface area is 116 Å². The molecule has 20 heavy (non-hydrogen) atoms. The summed E-state index contributed by atoms with van der Waals surface area (Å²) in [4.78, 5) is 1.86. The number of aromatic nitrogens is 4. The maximum absolute atomic E-state index is 4.29. The monoisotopic (exact) mass is 262 g/mol. The average molecular weight is 262 g/mol. The van der Waals surface area contributed by atoms with Crippen molar-refractivity contribution >= 4 is 21.9 Å². The van der Waals surface area contributed by atoms with E-state index in [-0.39, 0.29) is 0 Å². The topological polar surface area (TPSA) is 35.6 Å². The van der Waals surface area contributed by atoms with Gasteiger partial charge in [-0.15, -0.1) is 9.89 Å². The van der Waals surface area contributed by atoms with Gasteiger partial charge < -0.3 is 0 Å². The lowest BCUT2D eigenvalue weighted by Crippen LogP contribution is -2.10. The molecule has 2 heterocycles. The first kappa shape index (κ1) is 11.2. The molecule has 0 atom stereocenters. The summed E-state index contributed by atoms with van der Waals surface area (Å²) >= 11 is 0. The Balaban J connectivity index is 2.08. The molecule has 0 saturated carbocycles. The Morgan fingerprint density at radius 3 is 2.80 bits per heavy atom. The van der Waals surface area contributed by atoms with Gasteiger partial charge in [0.25, 0.3) is 0 Å². The van der Waals surface area contributed by atoms with Crippen molar-refractivity contribution in [2.24, 2.45) is 0 Å². The van der Waals surface area contributed by atoms with E-state index in [9.17, 15) is 0 Å². The summed E-state index contributed by atoms with van der Waals surface area (Å²) in [6.45, 7) is 2.17. The average Bonchev–Trinajstić information content (AvgIpc) is 3.10. The van der Waals surface area contributed by atoms with Crippen LogP contribution in [0.5, 0.6) is 0 Å². The lowest BCUT2D eigenvalue weighted by molar-refractivity contribution is 0.587. The van der Waals surface area contributed by atoms with Crippen molar-refractivity contribution in [1.82, 2.24) is 19.8 Å². The summed E-state index contributed by atoms with van der Waals surface area (Å²) in [6, 6.07) is 16.5. The molecule has 2 aromatic carbocycles. The van der Waals surface area contributed by atoms with Gasteiger partial charge in [-0.05, 0) is 35.4 Å². The van der Waals surface area contributed by atoms with Gasteiger partial charge in [0.1, 0.15) is 11.0 Å². The number of aryl methyl sites for hydroxylation is 1. The number of para-hydroxylation sites is 2. The molecule has 0 bridgehead atoms. The molecule has 0 radical (unpaired) electrons. The normalized spacial score (nSPS) is 11.4. The highest BCUT2D eigenvalue weighted by molar-refractivity contribution is 5.84.